The van der Waals surface area contributed by atoms with Crippen molar-refractivity contribution < 1.29 is 9.21 Å². The highest BCUT2D eigenvalue weighted by Crippen LogP contribution is 2.30. The molecule has 3 aromatic carbocycles. The second kappa shape index (κ2) is 8.71. The van der Waals surface area contributed by atoms with Crippen molar-refractivity contribution in [1.29, 1.82) is 0 Å². The van der Waals surface area contributed by atoms with Crippen LogP contribution in [0.5, 0.6) is 0 Å². The van der Waals surface area contributed by atoms with Crippen LogP contribution in [-0.2, 0) is 12.0 Å². The minimum absolute atomic E-state index is 0.0110. The fraction of sp³-hybridized carbons (Fsp3) is 0.185. The smallest absolute Gasteiger partial charge is 0.362 e. The van der Waals surface area contributed by atoms with Gasteiger partial charge in [-0.25, -0.2) is 4.79 Å². The Morgan fingerprint density at radius 3 is 2.19 bits per heavy atom. The maximum Gasteiger partial charge on any atom is 0.362 e. The second-order valence-corrected chi connectivity index (χ2v) is 8.76. The quantitative estimate of drug-likeness (QED) is 0.387. The molecule has 0 bridgehead atoms. The summed E-state index contributed by atoms with van der Waals surface area (Å²) >= 11 is 0. The summed E-state index contributed by atoms with van der Waals surface area (Å²) in [5.74, 6) is -0.365. The summed E-state index contributed by atoms with van der Waals surface area (Å²) < 4.78 is 5.48. The summed E-state index contributed by atoms with van der Waals surface area (Å²) in [7, 11) is 0. The fourth-order valence-electron chi connectivity index (χ4n) is 3.54. The van der Waals surface area contributed by atoms with Crippen LogP contribution in [0.1, 0.15) is 42.3 Å². The lowest BCUT2D eigenvalue weighted by Crippen LogP contribution is -2.20. The molecular weight excluding hydrogens is 400 g/mol. The summed E-state index contributed by atoms with van der Waals surface area (Å²) in [6.07, 6.45) is 0. The highest BCUT2D eigenvalue weighted by molar-refractivity contribution is 6.08. The minimum atomic E-state index is -0.598. The highest BCUT2D eigenvalue weighted by Gasteiger charge is 2.19. The molecule has 0 spiro atoms. The first-order chi connectivity index (χ1) is 15.3. The van der Waals surface area contributed by atoms with E-state index >= 15 is 0 Å². The predicted molar refractivity (Wildman–Crippen MR) is 129 cm³/mol. The van der Waals surface area contributed by atoms with Crippen molar-refractivity contribution >= 4 is 28.3 Å². The number of rotatable bonds is 5. The Labute approximate surface area is 187 Å². The van der Waals surface area contributed by atoms with Crippen LogP contribution in [-0.4, -0.2) is 5.91 Å². The molecule has 0 aliphatic rings. The van der Waals surface area contributed by atoms with Gasteiger partial charge in [0.05, 0.1) is 5.69 Å². The van der Waals surface area contributed by atoms with E-state index in [2.05, 4.69) is 31.4 Å². The van der Waals surface area contributed by atoms with Crippen molar-refractivity contribution in [1.82, 2.24) is 0 Å². The first kappa shape index (κ1) is 21.4. The molecule has 4 aromatic rings. The Kier molecular flexibility index (Phi) is 5.82. The number of benzene rings is 3. The average molecular weight is 427 g/mol. The van der Waals surface area contributed by atoms with Crippen molar-refractivity contribution in [2.24, 2.45) is 0 Å². The highest BCUT2D eigenvalue weighted by atomic mass is 16.4. The molecule has 32 heavy (non-hydrogen) atoms. The number of hydrogen-bond acceptors (Lipinski definition) is 4. The molecule has 4 rings (SSSR count). The third kappa shape index (κ3) is 4.57. The molecule has 0 atom stereocenters. The standard InChI is InChI=1S/C27H26N2O3/c1-27(2,3)20-15-13-19(14-16-20)25(30)29-24-23(28-17-18-9-5-4-6-10-18)21-11-7-8-12-22(21)32-26(24)31/h4-16,28H,17H2,1-3H3,(H,29,30). The molecule has 1 aromatic heterocycles. The molecule has 0 aliphatic heterocycles. The van der Waals surface area contributed by atoms with Crippen LogP contribution in [0.2, 0.25) is 0 Å². The van der Waals surface area contributed by atoms with Crippen LogP contribution in [0.15, 0.2) is 88.1 Å². The van der Waals surface area contributed by atoms with Crippen molar-refractivity contribution in [2.45, 2.75) is 32.7 Å². The molecule has 0 aliphatic carbocycles. The first-order valence-electron chi connectivity index (χ1n) is 10.6. The van der Waals surface area contributed by atoms with Gasteiger partial charge in [0.2, 0.25) is 0 Å². The second-order valence-electron chi connectivity index (χ2n) is 8.76. The normalized spacial score (nSPS) is 11.3. The van der Waals surface area contributed by atoms with Crippen molar-refractivity contribution in [3.8, 4) is 0 Å². The zero-order chi connectivity index (χ0) is 22.7. The number of carbonyl (C=O) groups excluding carboxylic acids is 1. The Balaban J connectivity index is 1.69. The van der Waals surface area contributed by atoms with Gasteiger partial charge in [-0.15, -0.1) is 0 Å². The number of carbonyl (C=O) groups is 1. The molecule has 0 radical (unpaired) electrons. The summed E-state index contributed by atoms with van der Waals surface area (Å²) in [6, 6.07) is 24.5. The van der Waals surface area contributed by atoms with Gasteiger partial charge < -0.3 is 15.1 Å². The fourth-order valence-corrected chi connectivity index (χ4v) is 3.54. The van der Waals surface area contributed by atoms with Crippen LogP contribution in [0.25, 0.3) is 11.0 Å². The summed E-state index contributed by atoms with van der Waals surface area (Å²) in [4.78, 5) is 25.8. The number of fused-ring (bicyclic) bond motifs is 1. The lowest BCUT2D eigenvalue weighted by atomic mass is 9.87. The molecule has 5 nitrogen and oxygen atoms in total. The van der Waals surface area contributed by atoms with E-state index in [9.17, 15) is 9.59 Å². The molecule has 162 valence electrons. The molecule has 5 heteroatoms. The zero-order valence-corrected chi connectivity index (χ0v) is 18.4. The van der Waals surface area contributed by atoms with Gasteiger partial charge in [0, 0.05) is 17.5 Å². The van der Waals surface area contributed by atoms with Crippen LogP contribution < -0.4 is 16.3 Å². The van der Waals surface area contributed by atoms with Crippen LogP contribution >= 0.6 is 0 Å². The maximum absolute atomic E-state index is 13.0. The van der Waals surface area contributed by atoms with E-state index in [0.717, 1.165) is 16.5 Å². The van der Waals surface area contributed by atoms with Gasteiger partial charge in [-0.3, -0.25) is 4.79 Å². The van der Waals surface area contributed by atoms with E-state index in [1.165, 1.54) is 0 Å². The van der Waals surface area contributed by atoms with Crippen LogP contribution in [0.3, 0.4) is 0 Å². The van der Waals surface area contributed by atoms with Crippen molar-refractivity contribution in [3.63, 3.8) is 0 Å². The monoisotopic (exact) mass is 426 g/mol. The number of amides is 1. The van der Waals surface area contributed by atoms with E-state index < -0.39 is 5.63 Å². The first-order valence-corrected chi connectivity index (χ1v) is 10.6. The number of nitrogens with one attached hydrogen (secondary N) is 2. The number of para-hydroxylation sites is 1. The molecule has 0 saturated carbocycles. The Morgan fingerprint density at radius 2 is 1.50 bits per heavy atom. The van der Waals surface area contributed by atoms with Gasteiger partial charge in [0.1, 0.15) is 5.58 Å². The minimum Gasteiger partial charge on any atom is -0.421 e. The van der Waals surface area contributed by atoms with Gasteiger partial charge >= 0.3 is 5.63 Å². The SMILES string of the molecule is CC(C)(C)c1ccc(C(=O)Nc2c(NCc3ccccc3)c3ccccc3oc2=O)cc1. The van der Waals surface area contributed by atoms with E-state index in [1.54, 1.807) is 24.3 Å². The van der Waals surface area contributed by atoms with Crippen LogP contribution in [0, 0.1) is 0 Å². The topological polar surface area (TPSA) is 71.3 Å². The maximum atomic E-state index is 13.0. The number of hydrogen-bond donors (Lipinski definition) is 2. The molecule has 2 N–H and O–H groups in total. The third-order valence-electron chi connectivity index (χ3n) is 5.38. The van der Waals surface area contributed by atoms with E-state index in [4.69, 9.17) is 4.42 Å². The summed E-state index contributed by atoms with van der Waals surface area (Å²) in [5.41, 5.74) is 3.15. The average Bonchev–Trinajstić information content (AvgIpc) is 2.79. The largest absolute Gasteiger partial charge is 0.421 e. The Morgan fingerprint density at radius 1 is 0.844 bits per heavy atom. The lowest BCUT2D eigenvalue weighted by Gasteiger charge is -2.19. The van der Waals surface area contributed by atoms with E-state index in [1.807, 2.05) is 54.6 Å². The Hall–Kier alpha value is -3.86. The van der Waals surface area contributed by atoms with Gasteiger partial charge in [0.25, 0.3) is 5.91 Å². The Bertz CT molecular complexity index is 1300. The van der Waals surface area contributed by atoms with Gasteiger partial charge in [-0.2, -0.15) is 0 Å². The third-order valence-corrected chi connectivity index (χ3v) is 5.38. The lowest BCUT2D eigenvalue weighted by molar-refractivity contribution is 0.102. The zero-order valence-electron chi connectivity index (χ0n) is 18.4. The molecule has 1 amide bonds. The molecule has 1 heterocycles. The van der Waals surface area contributed by atoms with Crippen molar-refractivity contribution in [3.05, 3.63) is 106 Å². The van der Waals surface area contributed by atoms with Gasteiger partial charge in [-0.1, -0.05) is 75.4 Å². The van der Waals surface area contributed by atoms with Crippen LogP contribution in [0.4, 0.5) is 11.4 Å². The van der Waals surface area contributed by atoms with E-state index in [-0.39, 0.29) is 17.0 Å². The van der Waals surface area contributed by atoms with E-state index in [0.29, 0.717) is 23.4 Å². The molecular formula is C27H26N2O3. The predicted octanol–water partition coefficient (Wildman–Crippen LogP) is 5.95. The van der Waals surface area contributed by atoms with Gasteiger partial charge in [-0.05, 0) is 40.8 Å². The van der Waals surface area contributed by atoms with Crippen molar-refractivity contribution in [2.75, 3.05) is 10.6 Å². The van der Waals surface area contributed by atoms with Gasteiger partial charge in [0.15, 0.2) is 5.69 Å². The summed E-state index contributed by atoms with van der Waals surface area (Å²) in [5, 5.41) is 6.82. The number of anilines is 2. The summed E-state index contributed by atoms with van der Waals surface area (Å²) in [6.45, 7) is 6.85. The molecule has 0 saturated heterocycles. The molecule has 0 fully saturated rings. The molecule has 0 unspecified atom stereocenters.